The second-order valence-corrected chi connectivity index (χ2v) is 12.2. The van der Waals surface area contributed by atoms with Gasteiger partial charge in [-0.2, -0.15) is 0 Å². The Morgan fingerprint density at radius 1 is 0.925 bits per heavy atom. The van der Waals surface area contributed by atoms with Crippen LogP contribution in [-0.2, 0) is 26.2 Å². The topological polar surface area (TPSA) is 86.8 Å². The quantitative estimate of drug-likeness (QED) is 0.235. The predicted molar refractivity (Wildman–Crippen MR) is 161 cm³/mol. The first kappa shape index (κ1) is 31.5. The van der Waals surface area contributed by atoms with Crippen LogP contribution in [0.5, 0.6) is 0 Å². The van der Waals surface area contributed by atoms with Crippen LogP contribution in [-0.4, -0.2) is 44.3 Å². The van der Waals surface area contributed by atoms with Gasteiger partial charge in [0.05, 0.1) is 20.6 Å². The van der Waals surface area contributed by atoms with E-state index in [0.717, 1.165) is 28.3 Å². The third-order valence-corrected chi connectivity index (χ3v) is 9.02. The van der Waals surface area contributed by atoms with Gasteiger partial charge in [-0.1, -0.05) is 91.5 Å². The van der Waals surface area contributed by atoms with Crippen LogP contribution in [0.15, 0.2) is 77.7 Å². The van der Waals surface area contributed by atoms with Crippen LogP contribution >= 0.6 is 23.2 Å². The molecule has 0 heterocycles. The molecule has 3 aromatic carbocycles. The molecule has 40 heavy (non-hydrogen) atoms. The van der Waals surface area contributed by atoms with Gasteiger partial charge in [-0.05, 0) is 55.7 Å². The fourth-order valence-electron chi connectivity index (χ4n) is 4.20. The van der Waals surface area contributed by atoms with E-state index in [-0.39, 0.29) is 33.1 Å². The van der Waals surface area contributed by atoms with E-state index in [4.69, 9.17) is 23.2 Å². The van der Waals surface area contributed by atoms with Gasteiger partial charge < -0.3 is 10.2 Å². The number of sulfonamides is 1. The molecule has 10 heteroatoms. The average molecular weight is 605 g/mol. The fraction of sp³-hybridized carbons (Fsp3) is 0.333. The van der Waals surface area contributed by atoms with E-state index in [2.05, 4.69) is 5.32 Å². The van der Waals surface area contributed by atoms with Crippen molar-refractivity contribution in [2.24, 2.45) is 0 Å². The standard InChI is InChI=1S/C30H35Cl2N3O4S/c1-4-6-18-33-30(37)28(5-2)34(20-23-14-12-22(3)13-15-23)29(36)21-35(24-16-17-26(31)27(32)19-24)40(38,39)25-10-8-7-9-11-25/h7-17,19,28H,4-6,18,20-21H2,1-3H3,(H,33,37)/t28-/m1/s1. The van der Waals surface area contributed by atoms with Crippen molar-refractivity contribution in [3.8, 4) is 0 Å². The number of carbonyl (C=O) groups excluding carboxylic acids is 2. The fourth-order valence-corrected chi connectivity index (χ4v) is 5.92. The van der Waals surface area contributed by atoms with Crippen molar-refractivity contribution in [2.45, 2.75) is 57.5 Å². The Labute approximate surface area is 247 Å². The van der Waals surface area contributed by atoms with Gasteiger partial charge in [0.25, 0.3) is 10.0 Å². The summed E-state index contributed by atoms with van der Waals surface area (Å²) in [6.45, 7) is 5.92. The zero-order chi connectivity index (χ0) is 29.3. The highest BCUT2D eigenvalue weighted by molar-refractivity contribution is 7.92. The Balaban J connectivity index is 2.04. The zero-order valence-electron chi connectivity index (χ0n) is 22.9. The molecule has 0 aliphatic carbocycles. The van der Waals surface area contributed by atoms with Gasteiger partial charge in [-0.15, -0.1) is 0 Å². The van der Waals surface area contributed by atoms with Crippen molar-refractivity contribution in [1.82, 2.24) is 10.2 Å². The van der Waals surface area contributed by atoms with E-state index in [1.165, 1.54) is 35.2 Å². The molecule has 0 aliphatic heterocycles. The summed E-state index contributed by atoms with van der Waals surface area (Å²) in [5.74, 6) is -0.799. The molecule has 3 aromatic rings. The molecular weight excluding hydrogens is 569 g/mol. The van der Waals surface area contributed by atoms with Gasteiger partial charge in [0.1, 0.15) is 12.6 Å². The van der Waals surface area contributed by atoms with Crippen molar-refractivity contribution in [3.63, 3.8) is 0 Å². The van der Waals surface area contributed by atoms with Crippen LogP contribution in [0, 0.1) is 6.92 Å². The molecule has 214 valence electrons. The Kier molecular flexibility index (Phi) is 11.4. The second-order valence-electron chi connectivity index (χ2n) is 9.50. The molecule has 1 N–H and O–H groups in total. The van der Waals surface area contributed by atoms with Crippen molar-refractivity contribution in [2.75, 3.05) is 17.4 Å². The van der Waals surface area contributed by atoms with Crippen LogP contribution in [0.2, 0.25) is 10.0 Å². The first-order chi connectivity index (χ1) is 19.1. The first-order valence-electron chi connectivity index (χ1n) is 13.2. The van der Waals surface area contributed by atoms with Gasteiger partial charge in [0.2, 0.25) is 11.8 Å². The molecule has 0 saturated heterocycles. The normalized spacial score (nSPS) is 12.0. The van der Waals surface area contributed by atoms with Crippen LogP contribution < -0.4 is 9.62 Å². The van der Waals surface area contributed by atoms with Crippen LogP contribution in [0.3, 0.4) is 0 Å². The predicted octanol–water partition coefficient (Wildman–Crippen LogP) is 6.22. The SMILES string of the molecule is CCCCNC(=O)[C@@H](CC)N(Cc1ccc(C)cc1)C(=O)CN(c1ccc(Cl)c(Cl)c1)S(=O)(=O)c1ccccc1. The summed E-state index contributed by atoms with van der Waals surface area (Å²) in [7, 11) is -4.18. The minimum atomic E-state index is -4.18. The molecule has 2 amide bonds. The Hall–Kier alpha value is -3.07. The maximum absolute atomic E-state index is 14.0. The van der Waals surface area contributed by atoms with Gasteiger partial charge in [0, 0.05) is 13.1 Å². The number of unbranched alkanes of at least 4 members (excludes halogenated alkanes) is 1. The third kappa shape index (κ3) is 7.99. The number of nitrogens with zero attached hydrogens (tertiary/aromatic N) is 2. The van der Waals surface area contributed by atoms with Crippen LogP contribution in [0.1, 0.15) is 44.2 Å². The summed E-state index contributed by atoms with van der Waals surface area (Å²) >= 11 is 12.3. The minimum absolute atomic E-state index is 0.0170. The lowest BCUT2D eigenvalue weighted by atomic mass is 10.1. The molecule has 0 unspecified atom stereocenters. The summed E-state index contributed by atoms with van der Waals surface area (Å²) in [6, 6.07) is 19.1. The van der Waals surface area contributed by atoms with Crippen LogP contribution in [0.4, 0.5) is 5.69 Å². The highest BCUT2D eigenvalue weighted by Crippen LogP contribution is 2.31. The Bertz CT molecular complexity index is 1400. The molecule has 0 aromatic heterocycles. The number of rotatable bonds is 13. The molecule has 0 bridgehead atoms. The Morgan fingerprint density at radius 2 is 1.60 bits per heavy atom. The molecule has 0 fully saturated rings. The van der Waals surface area contributed by atoms with E-state index in [9.17, 15) is 18.0 Å². The van der Waals surface area contributed by atoms with Gasteiger partial charge in [0.15, 0.2) is 0 Å². The van der Waals surface area contributed by atoms with Crippen LogP contribution in [0.25, 0.3) is 0 Å². The van der Waals surface area contributed by atoms with Crippen molar-refractivity contribution in [1.29, 1.82) is 0 Å². The number of halogens is 2. The van der Waals surface area contributed by atoms with Gasteiger partial charge in [-0.25, -0.2) is 8.42 Å². The van der Waals surface area contributed by atoms with Gasteiger partial charge in [-0.3, -0.25) is 13.9 Å². The third-order valence-electron chi connectivity index (χ3n) is 6.49. The largest absolute Gasteiger partial charge is 0.354 e. The van der Waals surface area contributed by atoms with E-state index in [1.807, 2.05) is 45.0 Å². The van der Waals surface area contributed by atoms with Crippen molar-refractivity contribution >= 4 is 50.7 Å². The maximum Gasteiger partial charge on any atom is 0.264 e. The molecule has 0 spiro atoms. The molecule has 3 rings (SSSR count). The summed E-state index contributed by atoms with van der Waals surface area (Å²) in [5.41, 5.74) is 2.07. The summed E-state index contributed by atoms with van der Waals surface area (Å²) in [6.07, 6.45) is 2.08. The van der Waals surface area contributed by atoms with E-state index < -0.39 is 28.5 Å². The molecule has 0 aliphatic rings. The number of benzene rings is 3. The second kappa shape index (κ2) is 14.5. The molecule has 1 atom stereocenters. The maximum atomic E-state index is 14.0. The number of hydrogen-bond acceptors (Lipinski definition) is 4. The summed E-state index contributed by atoms with van der Waals surface area (Å²) in [4.78, 5) is 28.7. The monoisotopic (exact) mass is 603 g/mol. The summed E-state index contributed by atoms with van der Waals surface area (Å²) < 4.78 is 28.7. The average Bonchev–Trinajstić information content (AvgIpc) is 2.94. The summed E-state index contributed by atoms with van der Waals surface area (Å²) in [5, 5.41) is 3.33. The Morgan fingerprint density at radius 3 is 2.20 bits per heavy atom. The number of amides is 2. The lowest BCUT2D eigenvalue weighted by Crippen LogP contribution is -2.52. The lowest BCUT2D eigenvalue weighted by molar-refractivity contribution is -0.140. The van der Waals surface area contributed by atoms with Crippen molar-refractivity contribution < 1.29 is 18.0 Å². The number of aryl methyl sites for hydroxylation is 1. The number of anilines is 1. The zero-order valence-corrected chi connectivity index (χ0v) is 25.3. The molecule has 7 nitrogen and oxygen atoms in total. The number of carbonyl (C=O) groups is 2. The van der Waals surface area contributed by atoms with E-state index >= 15 is 0 Å². The smallest absolute Gasteiger partial charge is 0.264 e. The van der Waals surface area contributed by atoms with Gasteiger partial charge >= 0.3 is 0 Å². The van der Waals surface area contributed by atoms with E-state index in [0.29, 0.717) is 13.0 Å². The molecule has 0 saturated carbocycles. The van der Waals surface area contributed by atoms with Crippen molar-refractivity contribution in [3.05, 3.63) is 94.0 Å². The molecular formula is C30H35Cl2N3O4S. The molecule has 0 radical (unpaired) electrons. The lowest BCUT2D eigenvalue weighted by Gasteiger charge is -2.33. The number of hydrogen-bond donors (Lipinski definition) is 1. The number of nitrogens with one attached hydrogen (secondary N) is 1. The highest BCUT2D eigenvalue weighted by Gasteiger charge is 2.33. The van der Waals surface area contributed by atoms with E-state index in [1.54, 1.807) is 18.2 Å². The highest BCUT2D eigenvalue weighted by atomic mass is 35.5. The minimum Gasteiger partial charge on any atom is -0.354 e. The first-order valence-corrected chi connectivity index (χ1v) is 15.4.